The molecule has 3 rings (SSSR count). The molecule has 0 spiro atoms. The maximum absolute atomic E-state index is 13.5. The first kappa shape index (κ1) is 19.8. The molecule has 0 aliphatic heterocycles. The molecule has 0 saturated heterocycles. The highest BCUT2D eigenvalue weighted by molar-refractivity contribution is 5.84. The summed E-state index contributed by atoms with van der Waals surface area (Å²) in [6.07, 6.45) is 1.68. The van der Waals surface area contributed by atoms with E-state index in [0.29, 0.717) is 35.0 Å². The average Bonchev–Trinajstić information content (AvgIpc) is 3.09. The van der Waals surface area contributed by atoms with Gasteiger partial charge >= 0.3 is 0 Å². The van der Waals surface area contributed by atoms with Crippen LogP contribution in [0.4, 0.5) is 16.2 Å². The Bertz CT molecular complexity index is 959. The number of aliphatic hydroxyl groups is 1. The number of imidazole rings is 1. The Kier molecular flexibility index (Phi) is 5.93. The predicted octanol–water partition coefficient (Wildman–Crippen LogP) is 2.73. The zero-order chi connectivity index (χ0) is 20.3. The molecule has 1 unspecified atom stereocenters. The Labute approximate surface area is 162 Å². The maximum atomic E-state index is 13.5. The van der Waals surface area contributed by atoms with E-state index in [9.17, 15) is 14.6 Å². The third-order valence-electron chi connectivity index (χ3n) is 4.61. The molecule has 9 heteroatoms. The summed E-state index contributed by atoms with van der Waals surface area (Å²) in [5, 5.41) is 25.8. The molecule has 2 heterocycles. The molecule has 1 atom stereocenters. The first-order chi connectivity index (χ1) is 13.4. The lowest BCUT2D eigenvalue weighted by Gasteiger charge is -2.20. The number of aliphatic hydroxyl groups excluding tert-OH is 1. The summed E-state index contributed by atoms with van der Waals surface area (Å²) in [5.74, 6) is 0.575. The molecule has 4 N–H and O–H groups in total. The number of anilines is 2. The smallest absolute Gasteiger partial charge is 0.227 e. The quantitative estimate of drug-likeness (QED) is 0.470. The van der Waals surface area contributed by atoms with E-state index in [2.05, 4.69) is 25.6 Å². The van der Waals surface area contributed by atoms with E-state index in [1.54, 1.807) is 6.33 Å². The number of hydrogen-bond donors (Lipinski definition) is 4. The van der Waals surface area contributed by atoms with Gasteiger partial charge in [0.1, 0.15) is 11.6 Å². The van der Waals surface area contributed by atoms with E-state index < -0.39 is 5.82 Å². The standard InChI is InChI=1S/C19H25FN6O2/c1-4-26-10-22-16-17(21-8-12-7-13(20)5-6-15(12)28)24-19(25-18(16)26)23-14(9-27)11(2)3/h5-7,10-11,14,27-28H,4,8-9H2,1-3H3,(H2,21,23,24,25). The van der Waals surface area contributed by atoms with Gasteiger partial charge in [0.05, 0.1) is 19.0 Å². The van der Waals surface area contributed by atoms with Crippen molar-refractivity contribution in [1.29, 1.82) is 0 Å². The van der Waals surface area contributed by atoms with Gasteiger partial charge in [0.25, 0.3) is 0 Å². The van der Waals surface area contributed by atoms with Crippen LogP contribution < -0.4 is 10.6 Å². The van der Waals surface area contributed by atoms with Crippen LogP contribution in [0.15, 0.2) is 24.5 Å². The number of rotatable bonds is 8. The first-order valence-corrected chi connectivity index (χ1v) is 9.24. The summed E-state index contributed by atoms with van der Waals surface area (Å²) in [4.78, 5) is 13.4. The van der Waals surface area contributed by atoms with Gasteiger partial charge in [-0.3, -0.25) is 0 Å². The van der Waals surface area contributed by atoms with Crippen LogP contribution in [0, 0.1) is 11.7 Å². The van der Waals surface area contributed by atoms with Crippen LogP contribution in [0.25, 0.3) is 11.2 Å². The van der Waals surface area contributed by atoms with Crippen LogP contribution in [0.2, 0.25) is 0 Å². The molecular formula is C19H25FN6O2. The Hall–Kier alpha value is -2.94. The van der Waals surface area contributed by atoms with Gasteiger partial charge in [-0.1, -0.05) is 13.8 Å². The van der Waals surface area contributed by atoms with Crippen LogP contribution in [0.5, 0.6) is 5.75 Å². The van der Waals surface area contributed by atoms with Crippen molar-refractivity contribution in [3.05, 3.63) is 35.9 Å². The van der Waals surface area contributed by atoms with Crippen molar-refractivity contribution >= 4 is 22.9 Å². The fourth-order valence-electron chi connectivity index (χ4n) is 2.83. The molecule has 1 aromatic carbocycles. The third-order valence-corrected chi connectivity index (χ3v) is 4.61. The monoisotopic (exact) mass is 388 g/mol. The molecule has 0 aliphatic carbocycles. The molecule has 2 aromatic heterocycles. The van der Waals surface area contributed by atoms with Gasteiger partial charge in [0.15, 0.2) is 17.0 Å². The second-order valence-electron chi connectivity index (χ2n) is 6.90. The molecule has 0 bridgehead atoms. The van der Waals surface area contributed by atoms with Crippen molar-refractivity contribution in [2.75, 3.05) is 17.2 Å². The molecule has 3 aromatic rings. The Morgan fingerprint density at radius 2 is 2.04 bits per heavy atom. The van der Waals surface area contributed by atoms with Crippen molar-refractivity contribution in [1.82, 2.24) is 19.5 Å². The Balaban J connectivity index is 1.95. The van der Waals surface area contributed by atoms with Gasteiger partial charge in [-0.25, -0.2) is 9.37 Å². The summed E-state index contributed by atoms with van der Waals surface area (Å²) in [6, 6.07) is 3.59. The van der Waals surface area contributed by atoms with Crippen molar-refractivity contribution in [3.8, 4) is 5.75 Å². The summed E-state index contributed by atoms with van der Waals surface area (Å²) >= 11 is 0. The number of benzene rings is 1. The van der Waals surface area contributed by atoms with Gasteiger partial charge in [-0.05, 0) is 31.0 Å². The number of aromatic hydroxyl groups is 1. The molecule has 0 fully saturated rings. The number of phenolic OH excluding ortho intramolecular Hbond substituents is 1. The number of aromatic nitrogens is 4. The van der Waals surface area contributed by atoms with Crippen molar-refractivity contribution < 1.29 is 14.6 Å². The average molecular weight is 388 g/mol. The number of hydrogen-bond acceptors (Lipinski definition) is 7. The lowest BCUT2D eigenvalue weighted by atomic mass is 10.1. The van der Waals surface area contributed by atoms with E-state index in [0.717, 1.165) is 0 Å². The third kappa shape index (κ3) is 4.14. The van der Waals surface area contributed by atoms with Gasteiger partial charge in [-0.2, -0.15) is 9.97 Å². The maximum Gasteiger partial charge on any atom is 0.227 e. The Morgan fingerprint density at radius 1 is 1.25 bits per heavy atom. The van der Waals surface area contributed by atoms with Gasteiger partial charge in [0.2, 0.25) is 5.95 Å². The van der Waals surface area contributed by atoms with E-state index in [4.69, 9.17) is 0 Å². The molecule has 0 saturated carbocycles. The molecule has 150 valence electrons. The zero-order valence-electron chi connectivity index (χ0n) is 16.1. The number of halogens is 1. The van der Waals surface area contributed by atoms with Crippen molar-refractivity contribution in [2.24, 2.45) is 5.92 Å². The summed E-state index contributed by atoms with van der Waals surface area (Å²) in [6.45, 7) is 6.78. The number of nitrogens with zero attached hydrogens (tertiary/aromatic N) is 4. The lowest BCUT2D eigenvalue weighted by Crippen LogP contribution is -2.30. The van der Waals surface area contributed by atoms with Gasteiger partial charge in [-0.15, -0.1) is 0 Å². The number of aryl methyl sites for hydroxylation is 1. The van der Waals surface area contributed by atoms with E-state index in [1.165, 1.54) is 18.2 Å². The molecule has 8 nitrogen and oxygen atoms in total. The fourth-order valence-corrected chi connectivity index (χ4v) is 2.83. The van der Waals surface area contributed by atoms with Crippen LogP contribution >= 0.6 is 0 Å². The van der Waals surface area contributed by atoms with E-state index in [-0.39, 0.29) is 30.9 Å². The van der Waals surface area contributed by atoms with Crippen LogP contribution in [-0.4, -0.2) is 42.4 Å². The number of nitrogens with one attached hydrogen (secondary N) is 2. The summed E-state index contributed by atoms with van der Waals surface area (Å²) < 4.78 is 15.4. The minimum absolute atomic E-state index is 0.00297. The highest BCUT2D eigenvalue weighted by atomic mass is 19.1. The minimum atomic E-state index is -0.428. The van der Waals surface area contributed by atoms with Crippen molar-refractivity contribution in [2.45, 2.75) is 39.9 Å². The van der Waals surface area contributed by atoms with Crippen molar-refractivity contribution in [3.63, 3.8) is 0 Å². The highest BCUT2D eigenvalue weighted by Crippen LogP contribution is 2.24. The normalized spacial score (nSPS) is 12.5. The molecule has 0 radical (unpaired) electrons. The van der Waals surface area contributed by atoms with Crippen LogP contribution in [0.3, 0.4) is 0 Å². The van der Waals surface area contributed by atoms with E-state index >= 15 is 0 Å². The van der Waals surface area contributed by atoms with Crippen LogP contribution in [0.1, 0.15) is 26.3 Å². The SMILES string of the molecule is CCn1cnc2c(NCc3cc(F)ccc3O)nc(NC(CO)C(C)C)nc21. The Morgan fingerprint density at radius 3 is 2.71 bits per heavy atom. The van der Waals surface area contributed by atoms with Gasteiger partial charge in [0, 0.05) is 18.7 Å². The molecule has 0 aliphatic rings. The molecule has 0 amide bonds. The number of fused-ring (bicyclic) bond motifs is 1. The highest BCUT2D eigenvalue weighted by Gasteiger charge is 2.17. The zero-order valence-corrected chi connectivity index (χ0v) is 16.1. The minimum Gasteiger partial charge on any atom is -0.508 e. The second kappa shape index (κ2) is 8.39. The largest absolute Gasteiger partial charge is 0.508 e. The van der Waals surface area contributed by atoms with Crippen LogP contribution in [-0.2, 0) is 13.1 Å². The molecule has 28 heavy (non-hydrogen) atoms. The second-order valence-corrected chi connectivity index (χ2v) is 6.90. The number of phenols is 1. The predicted molar refractivity (Wildman–Crippen MR) is 106 cm³/mol. The van der Waals surface area contributed by atoms with E-state index in [1.807, 2.05) is 25.3 Å². The molecular weight excluding hydrogens is 363 g/mol. The summed E-state index contributed by atoms with van der Waals surface area (Å²) in [7, 11) is 0. The fraction of sp³-hybridized carbons (Fsp3) is 0.421. The first-order valence-electron chi connectivity index (χ1n) is 9.24. The summed E-state index contributed by atoms with van der Waals surface area (Å²) in [5.41, 5.74) is 1.63. The topological polar surface area (TPSA) is 108 Å². The van der Waals surface area contributed by atoms with Gasteiger partial charge < -0.3 is 25.4 Å². The lowest BCUT2D eigenvalue weighted by molar-refractivity contribution is 0.248.